The van der Waals surface area contributed by atoms with Crippen molar-refractivity contribution in [2.45, 2.75) is 39.5 Å². The fourth-order valence-corrected chi connectivity index (χ4v) is 3.38. The molecule has 0 spiro atoms. The number of rotatable bonds is 7. The van der Waals surface area contributed by atoms with Crippen LogP contribution in [-0.4, -0.2) is 20.9 Å². The minimum Gasteiger partial charge on any atom is -0.322 e. The van der Waals surface area contributed by atoms with Crippen LogP contribution in [0.1, 0.15) is 48.2 Å². The molecule has 4 aromatic rings. The molecule has 0 atom stereocenters. The molecular weight excluding hydrogens is 372 g/mol. The predicted molar refractivity (Wildman–Crippen MR) is 121 cm³/mol. The Morgan fingerprint density at radius 1 is 0.867 bits per heavy atom. The second-order valence-corrected chi connectivity index (χ2v) is 7.47. The number of benzene rings is 3. The summed E-state index contributed by atoms with van der Waals surface area (Å²) in [5.41, 5.74) is 6.33. The predicted octanol–water partition coefficient (Wildman–Crippen LogP) is 5.58. The maximum Gasteiger partial charge on any atom is 0.255 e. The molecule has 0 unspecified atom stereocenters. The van der Waals surface area contributed by atoms with Crippen LogP contribution in [0.15, 0.2) is 66.7 Å². The zero-order chi connectivity index (χ0) is 20.9. The monoisotopic (exact) mass is 398 g/mol. The fraction of sp³-hybridized carbons (Fsp3) is 0.240. The Hall–Kier alpha value is -3.47. The van der Waals surface area contributed by atoms with Gasteiger partial charge >= 0.3 is 0 Å². The Kier molecular flexibility index (Phi) is 5.89. The van der Waals surface area contributed by atoms with Gasteiger partial charge in [-0.05, 0) is 72.9 Å². The second kappa shape index (κ2) is 8.91. The van der Waals surface area contributed by atoms with Gasteiger partial charge < -0.3 is 5.32 Å². The van der Waals surface area contributed by atoms with E-state index in [-0.39, 0.29) is 5.91 Å². The van der Waals surface area contributed by atoms with Crippen molar-refractivity contribution in [1.29, 1.82) is 0 Å². The minimum absolute atomic E-state index is 0.132. The van der Waals surface area contributed by atoms with Crippen LogP contribution in [0.5, 0.6) is 0 Å². The number of anilines is 1. The first-order valence-electron chi connectivity index (χ1n) is 10.5. The molecule has 0 aliphatic carbocycles. The van der Waals surface area contributed by atoms with Gasteiger partial charge in [-0.2, -0.15) is 4.80 Å². The number of unbranched alkanes of at least 4 members (excludes halogenated alkanes) is 1. The number of aryl methyl sites for hydroxylation is 2. The lowest BCUT2D eigenvalue weighted by molar-refractivity contribution is 0.102. The Balaban J connectivity index is 1.51. The van der Waals surface area contributed by atoms with E-state index in [2.05, 4.69) is 41.5 Å². The second-order valence-electron chi connectivity index (χ2n) is 7.47. The average molecular weight is 399 g/mol. The highest BCUT2D eigenvalue weighted by Gasteiger charge is 2.09. The summed E-state index contributed by atoms with van der Waals surface area (Å²) < 4.78 is 0. The summed E-state index contributed by atoms with van der Waals surface area (Å²) in [7, 11) is 0. The summed E-state index contributed by atoms with van der Waals surface area (Å²) in [6.45, 7) is 4.30. The van der Waals surface area contributed by atoms with Gasteiger partial charge in [0.15, 0.2) is 0 Å². The van der Waals surface area contributed by atoms with E-state index in [9.17, 15) is 4.79 Å². The van der Waals surface area contributed by atoms with Gasteiger partial charge in [-0.3, -0.25) is 4.79 Å². The molecule has 1 heterocycles. The molecule has 5 nitrogen and oxygen atoms in total. The van der Waals surface area contributed by atoms with Crippen molar-refractivity contribution >= 4 is 22.6 Å². The first-order valence-corrected chi connectivity index (χ1v) is 10.5. The van der Waals surface area contributed by atoms with E-state index in [1.165, 1.54) is 24.0 Å². The summed E-state index contributed by atoms with van der Waals surface area (Å²) in [5, 5.41) is 12.1. The molecule has 4 rings (SSSR count). The molecule has 1 amide bonds. The number of aromatic nitrogens is 3. The quantitative estimate of drug-likeness (QED) is 0.442. The van der Waals surface area contributed by atoms with Crippen LogP contribution in [0.3, 0.4) is 0 Å². The van der Waals surface area contributed by atoms with E-state index < -0.39 is 0 Å². The van der Waals surface area contributed by atoms with Gasteiger partial charge in [0.1, 0.15) is 11.0 Å². The first kappa shape index (κ1) is 19.8. The Morgan fingerprint density at radius 2 is 1.57 bits per heavy atom. The third kappa shape index (κ3) is 4.40. The topological polar surface area (TPSA) is 59.8 Å². The molecule has 1 N–H and O–H groups in total. The van der Waals surface area contributed by atoms with Crippen LogP contribution in [-0.2, 0) is 12.8 Å². The first-order chi connectivity index (χ1) is 14.7. The third-order valence-electron chi connectivity index (χ3n) is 5.25. The molecule has 0 bridgehead atoms. The van der Waals surface area contributed by atoms with Gasteiger partial charge in [0.05, 0.1) is 5.69 Å². The minimum atomic E-state index is -0.132. The molecule has 5 heteroatoms. The summed E-state index contributed by atoms with van der Waals surface area (Å²) in [5.74, 6) is -0.132. The zero-order valence-electron chi connectivity index (χ0n) is 17.4. The van der Waals surface area contributed by atoms with Crippen molar-refractivity contribution in [1.82, 2.24) is 15.0 Å². The van der Waals surface area contributed by atoms with Crippen molar-refractivity contribution in [2.75, 3.05) is 5.32 Å². The number of amides is 1. The van der Waals surface area contributed by atoms with E-state index in [1.54, 1.807) is 4.80 Å². The zero-order valence-corrected chi connectivity index (χ0v) is 17.4. The van der Waals surface area contributed by atoms with E-state index in [0.29, 0.717) is 11.3 Å². The summed E-state index contributed by atoms with van der Waals surface area (Å²) in [6.07, 6.45) is 4.43. The SMILES string of the molecule is CCCCc1ccc(-n2nc3ccc(NC(=O)c4ccc(CC)cc4)cc3n2)cc1. The van der Waals surface area contributed by atoms with Gasteiger partial charge in [-0.1, -0.05) is 44.5 Å². The van der Waals surface area contributed by atoms with E-state index >= 15 is 0 Å². The van der Waals surface area contributed by atoms with E-state index in [0.717, 1.165) is 29.6 Å². The van der Waals surface area contributed by atoms with Crippen molar-refractivity contribution in [3.05, 3.63) is 83.4 Å². The van der Waals surface area contributed by atoms with E-state index in [4.69, 9.17) is 0 Å². The van der Waals surface area contributed by atoms with Crippen LogP contribution in [0, 0.1) is 0 Å². The third-order valence-corrected chi connectivity index (χ3v) is 5.25. The number of carbonyl (C=O) groups is 1. The van der Waals surface area contributed by atoms with Crippen molar-refractivity contribution in [3.8, 4) is 5.69 Å². The molecule has 152 valence electrons. The number of fused-ring (bicyclic) bond motifs is 1. The number of hydrogen-bond acceptors (Lipinski definition) is 3. The smallest absolute Gasteiger partial charge is 0.255 e. The Morgan fingerprint density at radius 3 is 2.27 bits per heavy atom. The number of carbonyl (C=O) groups excluding carboxylic acids is 1. The Bertz CT molecular complexity index is 1140. The summed E-state index contributed by atoms with van der Waals surface area (Å²) >= 11 is 0. The van der Waals surface area contributed by atoms with Gasteiger partial charge in [0.25, 0.3) is 5.91 Å². The summed E-state index contributed by atoms with van der Waals surface area (Å²) in [4.78, 5) is 14.2. The van der Waals surface area contributed by atoms with Crippen LogP contribution < -0.4 is 5.32 Å². The normalized spacial score (nSPS) is 11.0. The lowest BCUT2D eigenvalue weighted by Crippen LogP contribution is -2.11. The molecule has 0 radical (unpaired) electrons. The van der Waals surface area contributed by atoms with Gasteiger partial charge in [-0.15, -0.1) is 10.2 Å². The van der Waals surface area contributed by atoms with Crippen LogP contribution in [0.2, 0.25) is 0 Å². The van der Waals surface area contributed by atoms with Gasteiger partial charge in [-0.25, -0.2) is 0 Å². The van der Waals surface area contributed by atoms with Crippen molar-refractivity contribution < 1.29 is 4.79 Å². The number of nitrogens with one attached hydrogen (secondary N) is 1. The maximum absolute atomic E-state index is 12.5. The van der Waals surface area contributed by atoms with Crippen LogP contribution >= 0.6 is 0 Å². The molecule has 0 fully saturated rings. The van der Waals surface area contributed by atoms with Crippen molar-refractivity contribution in [2.24, 2.45) is 0 Å². The van der Waals surface area contributed by atoms with Crippen LogP contribution in [0.25, 0.3) is 16.7 Å². The highest BCUT2D eigenvalue weighted by molar-refractivity contribution is 6.04. The highest BCUT2D eigenvalue weighted by atomic mass is 16.1. The maximum atomic E-state index is 12.5. The van der Waals surface area contributed by atoms with Crippen molar-refractivity contribution in [3.63, 3.8) is 0 Å². The fourth-order valence-electron chi connectivity index (χ4n) is 3.38. The van der Waals surface area contributed by atoms with Gasteiger partial charge in [0, 0.05) is 11.3 Å². The highest BCUT2D eigenvalue weighted by Crippen LogP contribution is 2.19. The lowest BCUT2D eigenvalue weighted by atomic mass is 10.1. The molecule has 0 saturated carbocycles. The van der Waals surface area contributed by atoms with E-state index in [1.807, 2.05) is 54.6 Å². The molecule has 0 aliphatic rings. The average Bonchev–Trinajstić information content (AvgIpc) is 3.21. The molecule has 0 aliphatic heterocycles. The largest absolute Gasteiger partial charge is 0.322 e. The van der Waals surface area contributed by atoms with Gasteiger partial charge in [0.2, 0.25) is 0 Å². The molecular formula is C25H26N4O. The van der Waals surface area contributed by atoms with Crippen LogP contribution in [0.4, 0.5) is 5.69 Å². The molecule has 0 saturated heterocycles. The number of nitrogens with zero attached hydrogens (tertiary/aromatic N) is 3. The molecule has 1 aromatic heterocycles. The molecule has 30 heavy (non-hydrogen) atoms. The Labute approximate surface area is 176 Å². The molecule has 3 aromatic carbocycles. The summed E-state index contributed by atoms with van der Waals surface area (Å²) in [6, 6.07) is 21.6. The standard InChI is InChI=1S/C25H26N4O/c1-3-5-6-19-9-14-22(15-10-19)29-27-23-16-13-21(17-24(23)28-29)26-25(30)20-11-7-18(4-2)8-12-20/h7-17H,3-6H2,1-2H3,(H,26,30). The number of hydrogen-bond donors (Lipinski definition) is 1. The lowest BCUT2D eigenvalue weighted by Gasteiger charge is -2.05.